The molecule has 0 rings (SSSR count). The van der Waals surface area contributed by atoms with Crippen LogP contribution in [0.3, 0.4) is 0 Å². The van der Waals surface area contributed by atoms with E-state index in [1.807, 2.05) is 0 Å². The molecular weight excluding hydrogens is 779 g/mol. The number of hydrogen-bond donors (Lipinski definition) is 3. The van der Waals surface area contributed by atoms with E-state index in [1.54, 1.807) is 0 Å². The maximum atomic E-state index is 12.5. The van der Waals surface area contributed by atoms with Crippen molar-refractivity contribution in [1.82, 2.24) is 5.32 Å². The highest BCUT2D eigenvalue weighted by Crippen LogP contribution is 2.17. The highest BCUT2D eigenvalue weighted by atomic mass is 16.5. The lowest BCUT2D eigenvalue weighted by molar-refractivity contribution is -0.143. The zero-order valence-corrected chi connectivity index (χ0v) is 42.3. The molecule has 0 aliphatic carbocycles. The Labute approximate surface area is 392 Å². The van der Waals surface area contributed by atoms with Gasteiger partial charge in [-0.2, -0.15) is 0 Å². The zero-order valence-electron chi connectivity index (χ0n) is 42.3. The molecule has 2 atom stereocenters. The second-order valence-electron chi connectivity index (χ2n) is 19.3. The number of aliphatic hydroxyl groups excluding tert-OH is 2. The summed E-state index contributed by atoms with van der Waals surface area (Å²) in [7, 11) is 0. The van der Waals surface area contributed by atoms with E-state index in [0.29, 0.717) is 25.9 Å². The molecule has 2 unspecified atom stereocenters. The van der Waals surface area contributed by atoms with Crippen molar-refractivity contribution in [1.29, 1.82) is 0 Å². The van der Waals surface area contributed by atoms with Gasteiger partial charge in [-0.15, -0.1) is 0 Å². The predicted molar refractivity (Wildman–Crippen MR) is 273 cm³/mol. The first-order valence-electron chi connectivity index (χ1n) is 28.1. The quantitative estimate of drug-likeness (QED) is 0.0321. The lowest BCUT2D eigenvalue weighted by Crippen LogP contribution is -2.45. The third-order valence-electron chi connectivity index (χ3n) is 13.0. The minimum absolute atomic E-state index is 0.0340. The molecule has 0 fully saturated rings. The molecule has 0 aliphatic rings. The number of hydrogen-bond acceptors (Lipinski definition) is 5. The predicted octanol–water partition coefficient (Wildman–Crippen LogP) is 17.1. The van der Waals surface area contributed by atoms with E-state index in [0.717, 1.165) is 83.5 Å². The van der Waals surface area contributed by atoms with E-state index in [1.165, 1.54) is 186 Å². The van der Waals surface area contributed by atoms with Crippen molar-refractivity contribution < 1.29 is 24.5 Å². The highest BCUT2D eigenvalue weighted by molar-refractivity contribution is 5.76. The number of ether oxygens (including phenoxy) is 1. The van der Waals surface area contributed by atoms with Crippen molar-refractivity contribution in [2.75, 3.05) is 13.2 Å². The van der Waals surface area contributed by atoms with Crippen molar-refractivity contribution in [3.63, 3.8) is 0 Å². The minimum Gasteiger partial charge on any atom is -0.466 e. The highest BCUT2D eigenvalue weighted by Gasteiger charge is 2.20. The summed E-state index contributed by atoms with van der Waals surface area (Å²) in [4.78, 5) is 24.5. The van der Waals surface area contributed by atoms with Crippen LogP contribution in [0.25, 0.3) is 0 Å². The summed E-state index contributed by atoms with van der Waals surface area (Å²) in [5.41, 5.74) is 0. The Morgan fingerprint density at radius 1 is 0.429 bits per heavy atom. The molecule has 6 heteroatoms. The first kappa shape index (κ1) is 61.3. The van der Waals surface area contributed by atoms with Crippen molar-refractivity contribution in [2.45, 2.75) is 315 Å². The fourth-order valence-corrected chi connectivity index (χ4v) is 8.63. The third-order valence-corrected chi connectivity index (χ3v) is 13.0. The first-order valence-corrected chi connectivity index (χ1v) is 28.1. The van der Waals surface area contributed by atoms with Crippen LogP contribution in [0.1, 0.15) is 303 Å². The van der Waals surface area contributed by atoms with Crippen LogP contribution >= 0.6 is 0 Å². The molecule has 1 amide bonds. The maximum absolute atomic E-state index is 12.5. The van der Waals surface area contributed by atoms with E-state index in [9.17, 15) is 19.8 Å². The average Bonchev–Trinajstić information content (AvgIpc) is 3.28. The third kappa shape index (κ3) is 49.6. The van der Waals surface area contributed by atoms with Gasteiger partial charge in [0.1, 0.15) is 0 Å². The Bertz CT molecular complexity index is 982. The summed E-state index contributed by atoms with van der Waals surface area (Å²) in [5.74, 6) is -0.0964. The van der Waals surface area contributed by atoms with Crippen LogP contribution < -0.4 is 5.32 Å². The molecule has 0 heterocycles. The SMILES string of the molecule is CCCCCCCC/C=C\CCCCCCCCCC(=O)OCCCC/C=C\CCCCCCCC(=O)NC(CO)C(O)CCCCCCCCCCCCCCCCCCCC. The summed E-state index contributed by atoms with van der Waals surface area (Å²) in [6.45, 7) is 4.88. The van der Waals surface area contributed by atoms with E-state index in [-0.39, 0.29) is 18.5 Å². The number of aliphatic hydroxyl groups is 2. The number of unbranched alkanes of at least 4 members (excludes halogenated alkanes) is 37. The molecule has 0 aromatic carbocycles. The summed E-state index contributed by atoms with van der Waals surface area (Å²) < 4.78 is 5.45. The van der Waals surface area contributed by atoms with E-state index in [2.05, 4.69) is 43.5 Å². The van der Waals surface area contributed by atoms with Crippen LogP contribution in [-0.2, 0) is 14.3 Å². The Morgan fingerprint density at radius 3 is 1.13 bits per heavy atom. The summed E-state index contributed by atoms with van der Waals surface area (Å²) in [5, 5.41) is 23.3. The molecular formula is C57H109NO5. The molecule has 0 aromatic rings. The Balaban J connectivity index is 3.50. The molecule has 6 nitrogen and oxygen atoms in total. The number of esters is 1. The molecule has 372 valence electrons. The second kappa shape index (κ2) is 53.0. The molecule has 0 bridgehead atoms. The van der Waals surface area contributed by atoms with Crippen LogP contribution in [0.5, 0.6) is 0 Å². The van der Waals surface area contributed by atoms with Crippen LogP contribution in [0.15, 0.2) is 24.3 Å². The minimum atomic E-state index is -0.683. The van der Waals surface area contributed by atoms with Crippen molar-refractivity contribution in [2.24, 2.45) is 0 Å². The van der Waals surface area contributed by atoms with Gasteiger partial charge in [0, 0.05) is 12.8 Å². The molecule has 63 heavy (non-hydrogen) atoms. The average molecular weight is 889 g/mol. The Morgan fingerprint density at radius 2 is 0.746 bits per heavy atom. The number of allylic oxidation sites excluding steroid dienone is 4. The summed E-state index contributed by atoms with van der Waals surface area (Å²) in [6.07, 6.45) is 63.0. The summed E-state index contributed by atoms with van der Waals surface area (Å²) in [6, 6.07) is -0.563. The number of carbonyl (C=O) groups excluding carboxylic acids is 2. The number of amides is 1. The van der Waals surface area contributed by atoms with Crippen molar-refractivity contribution >= 4 is 11.9 Å². The van der Waals surface area contributed by atoms with Crippen molar-refractivity contribution in [3.8, 4) is 0 Å². The van der Waals surface area contributed by atoms with Gasteiger partial charge in [0.15, 0.2) is 0 Å². The van der Waals surface area contributed by atoms with Gasteiger partial charge in [-0.25, -0.2) is 0 Å². The molecule has 0 aromatic heterocycles. The summed E-state index contributed by atoms with van der Waals surface area (Å²) >= 11 is 0. The van der Waals surface area contributed by atoms with Gasteiger partial charge in [0.2, 0.25) is 5.91 Å². The van der Waals surface area contributed by atoms with E-state index < -0.39 is 12.1 Å². The molecule has 0 saturated heterocycles. The molecule has 0 spiro atoms. The largest absolute Gasteiger partial charge is 0.466 e. The smallest absolute Gasteiger partial charge is 0.305 e. The van der Waals surface area contributed by atoms with Crippen molar-refractivity contribution in [3.05, 3.63) is 24.3 Å². The van der Waals surface area contributed by atoms with Gasteiger partial charge in [-0.1, -0.05) is 237 Å². The van der Waals surface area contributed by atoms with Crippen LogP contribution in [0.4, 0.5) is 0 Å². The van der Waals surface area contributed by atoms with Gasteiger partial charge in [0.05, 0.1) is 25.4 Å². The first-order chi connectivity index (χ1) is 31.0. The topological polar surface area (TPSA) is 95.9 Å². The fraction of sp³-hybridized carbons (Fsp3) is 0.895. The van der Waals surface area contributed by atoms with Crippen LogP contribution in [0, 0.1) is 0 Å². The zero-order chi connectivity index (χ0) is 45.8. The monoisotopic (exact) mass is 888 g/mol. The Kier molecular flexibility index (Phi) is 51.6. The van der Waals surface area contributed by atoms with Crippen LogP contribution in [0.2, 0.25) is 0 Å². The fourth-order valence-electron chi connectivity index (χ4n) is 8.63. The molecule has 0 radical (unpaired) electrons. The van der Waals surface area contributed by atoms with Gasteiger partial charge < -0.3 is 20.3 Å². The normalized spacial score (nSPS) is 12.8. The Hall–Kier alpha value is -1.66. The lowest BCUT2D eigenvalue weighted by Gasteiger charge is -2.22. The lowest BCUT2D eigenvalue weighted by atomic mass is 10.0. The second-order valence-corrected chi connectivity index (χ2v) is 19.3. The maximum Gasteiger partial charge on any atom is 0.305 e. The number of carbonyl (C=O) groups is 2. The standard InChI is InChI=1S/C57H109NO5/c1-3-5-7-9-11-13-15-17-19-21-23-24-26-29-33-37-41-45-49-55(60)54(53-59)58-56(61)50-46-42-38-34-30-28-32-36-40-44-48-52-63-57(62)51-47-43-39-35-31-27-25-22-20-18-16-14-12-10-8-6-4-2/h18,20,32,36,54-55,59-60H,3-17,19,21-31,33-35,37-53H2,1-2H3,(H,58,61)/b20-18-,36-32-. The van der Waals surface area contributed by atoms with Gasteiger partial charge >= 0.3 is 5.97 Å². The van der Waals surface area contributed by atoms with E-state index in [4.69, 9.17) is 4.74 Å². The van der Waals surface area contributed by atoms with Gasteiger partial charge in [0.25, 0.3) is 0 Å². The molecule has 3 N–H and O–H groups in total. The number of rotatable bonds is 52. The molecule has 0 aliphatic heterocycles. The van der Waals surface area contributed by atoms with Crippen LogP contribution in [-0.4, -0.2) is 47.4 Å². The number of nitrogens with one attached hydrogen (secondary N) is 1. The molecule has 0 saturated carbocycles. The van der Waals surface area contributed by atoms with Gasteiger partial charge in [-0.05, 0) is 77.0 Å². The van der Waals surface area contributed by atoms with Gasteiger partial charge in [-0.3, -0.25) is 9.59 Å². The van der Waals surface area contributed by atoms with E-state index >= 15 is 0 Å².